The molecule has 3 aromatic rings. The van der Waals surface area contributed by atoms with Crippen molar-refractivity contribution in [1.82, 2.24) is 30.0 Å². The number of ether oxygens (including phenoxy) is 1. The van der Waals surface area contributed by atoms with Gasteiger partial charge in [0, 0.05) is 45.6 Å². The summed E-state index contributed by atoms with van der Waals surface area (Å²) in [6, 6.07) is 11.6. The van der Waals surface area contributed by atoms with Gasteiger partial charge in [-0.1, -0.05) is 12.1 Å². The minimum Gasteiger partial charge on any atom is -0.497 e. The molecule has 9 nitrogen and oxygen atoms in total. The van der Waals surface area contributed by atoms with Gasteiger partial charge < -0.3 is 19.9 Å². The van der Waals surface area contributed by atoms with Crippen LogP contribution in [0.5, 0.6) is 5.75 Å². The lowest BCUT2D eigenvalue weighted by Crippen LogP contribution is -2.45. The number of benzene rings is 1. The zero-order chi connectivity index (χ0) is 20.9. The highest BCUT2D eigenvalue weighted by molar-refractivity contribution is 5.76. The van der Waals surface area contributed by atoms with E-state index in [0.717, 1.165) is 43.3 Å². The lowest BCUT2D eigenvalue weighted by Gasteiger charge is -2.33. The van der Waals surface area contributed by atoms with E-state index in [-0.39, 0.29) is 5.91 Å². The first-order valence-electron chi connectivity index (χ1n) is 10.2. The van der Waals surface area contributed by atoms with Crippen molar-refractivity contribution in [3.63, 3.8) is 0 Å². The number of nitrogens with zero attached hydrogens (tertiary/aromatic N) is 6. The number of aromatic nitrogens is 4. The molecule has 158 valence electrons. The summed E-state index contributed by atoms with van der Waals surface area (Å²) >= 11 is 0. The van der Waals surface area contributed by atoms with E-state index in [1.165, 1.54) is 0 Å². The minimum atomic E-state index is -0.0298. The number of carbonyl (C=O) groups excluding carboxylic acids is 1. The molecule has 0 spiro atoms. The Morgan fingerprint density at radius 1 is 1.07 bits per heavy atom. The number of hydrogen-bond donors (Lipinski definition) is 1. The van der Waals surface area contributed by atoms with Crippen LogP contribution >= 0.6 is 0 Å². The average molecular weight is 409 g/mol. The molecule has 0 aliphatic carbocycles. The van der Waals surface area contributed by atoms with Gasteiger partial charge in [-0.2, -0.15) is 4.52 Å². The monoisotopic (exact) mass is 409 g/mol. The lowest BCUT2D eigenvalue weighted by molar-refractivity contribution is -0.121. The molecule has 1 fully saturated rings. The molecule has 0 bridgehead atoms. The van der Waals surface area contributed by atoms with E-state index in [0.29, 0.717) is 30.9 Å². The van der Waals surface area contributed by atoms with Gasteiger partial charge in [-0.25, -0.2) is 0 Å². The van der Waals surface area contributed by atoms with E-state index in [4.69, 9.17) is 9.84 Å². The van der Waals surface area contributed by atoms with Crippen molar-refractivity contribution in [3.05, 3.63) is 47.8 Å². The molecule has 1 aromatic carbocycles. The smallest absolute Gasteiger partial charge is 0.220 e. The number of fused-ring (bicyclic) bond motifs is 1. The topological polar surface area (TPSA) is 87.9 Å². The second-order valence-corrected chi connectivity index (χ2v) is 7.49. The van der Waals surface area contributed by atoms with Gasteiger partial charge in [-0.05, 0) is 36.9 Å². The Bertz CT molecular complexity index is 994. The highest BCUT2D eigenvalue weighted by Crippen LogP contribution is 2.15. The molecule has 1 aliphatic rings. The normalized spacial score (nSPS) is 14.8. The first kappa shape index (κ1) is 20.1. The third-order valence-corrected chi connectivity index (χ3v) is 5.36. The van der Waals surface area contributed by atoms with Crippen LogP contribution in [0.15, 0.2) is 36.4 Å². The maximum absolute atomic E-state index is 12.3. The van der Waals surface area contributed by atoms with Gasteiger partial charge in [0.15, 0.2) is 11.5 Å². The second kappa shape index (κ2) is 9.08. The van der Waals surface area contributed by atoms with Crippen molar-refractivity contribution in [2.75, 3.05) is 45.2 Å². The third-order valence-electron chi connectivity index (χ3n) is 5.36. The van der Waals surface area contributed by atoms with Crippen molar-refractivity contribution in [2.24, 2.45) is 0 Å². The summed E-state index contributed by atoms with van der Waals surface area (Å²) in [6.07, 6.45) is 0.812. The fourth-order valence-corrected chi connectivity index (χ4v) is 3.44. The van der Waals surface area contributed by atoms with E-state index in [1.807, 2.05) is 36.4 Å². The molecule has 3 heterocycles. The van der Waals surface area contributed by atoms with Crippen LogP contribution in [0.1, 0.15) is 17.8 Å². The summed E-state index contributed by atoms with van der Waals surface area (Å²) < 4.78 is 6.90. The summed E-state index contributed by atoms with van der Waals surface area (Å²) in [5.74, 6) is 2.38. The number of methoxy groups -OCH3 is 1. The SMILES string of the molecule is COc1ccc(CNC(=O)CCc2nnc3ccc(N4CCN(C)CC4)nn23)cc1. The molecule has 1 saturated heterocycles. The molecule has 0 atom stereocenters. The van der Waals surface area contributed by atoms with Gasteiger partial charge >= 0.3 is 0 Å². The first-order valence-corrected chi connectivity index (χ1v) is 10.2. The Kier molecular flexibility index (Phi) is 6.08. The Morgan fingerprint density at radius 2 is 1.83 bits per heavy atom. The van der Waals surface area contributed by atoms with Gasteiger partial charge in [0.2, 0.25) is 5.91 Å². The van der Waals surface area contributed by atoms with Crippen LogP contribution in [0.2, 0.25) is 0 Å². The van der Waals surface area contributed by atoms with E-state index in [2.05, 4.69) is 32.4 Å². The number of amides is 1. The highest BCUT2D eigenvalue weighted by atomic mass is 16.5. The summed E-state index contributed by atoms with van der Waals surface area (Å²) in [7, 11) is 3.76. The average Bonchev–Trinajstić information content (AvgIpc) is 3.19. The van der Waals surface area contributed by atoms with Gasteiger partial charge in [0.25, 0.3) is 0 Å². The van der Waals surface area contributed by atoms with Gasteiger partial charge in [0.1, 0.15) is 11.6 Å². The van der Waals surface area contributed by atoms with Crippen LogP contribution in [0.4, 0.5) is 5.82 Å². The maximum atomic E-state index is 12.3. The minimum absolute atomic E-state index is 0.0298. The largest absolute Gasteiger partial charge is 0.497 e. The maximum Gasteiger partial charge on any atom is 0.220 e. The zero-order valence-corrected chi connectivity index (χ0v) is 17.4. The molecule has 1 N–H and O–H groups in total. The molecule has 2 aromatic heterocycles. The molecule has 1 aliphatic heterocycles. The molecule has 0 unspecified atom stereocenters. The van der Waals surface area contributed by atoms with Crippen LogP contribution in [0, 0.1) is 0 Å². The molecular formula is C21H27N7O2. The van der Waals surface area contributed by atoms with Crippen LogP contribution < -0.4 is 15.0 Å². The Hall–Kier alpha value is -3.20. The van der Waals surface area contributed by atoms with Crippen molar-refractivity contribution in [2.45, 2.75) is 19.4 Å². The van der Waals surface area contributed by atoms with Gasteiger partial charge in [-0.15, -0.1) is 15.3 Å². The Labute approximate surface area is 175 Å². The number of carbonyl (C=O) groups is 1. The van der Waals surface area contributed by atoms with E-state index < -0.39 is 0 Å². The highest BCUT2D eigenvalue weighted by Gasteiger charge is 2.17. The quantitative estimate of drug-likeness (QED) is 0.626. The molecule has 9 heteroatoms. The van der Waals surface area contributed by atoms with E-state index in [9.17, 15) is 4.79 Å². The Morgan fingerprint density at radius 3 is 2.57 bits per heavy atom. The van der Waals surface area contributed by atoms with Crippen LogP contribution in [-0.4, -0.2) is 71.0 Å². The van der Waals surface area contributed by atoms with Crippen molar-refractivity contribution in [1.29, 1.82) is 0 Å². The number of aryl methyl sites for hydroxylation is 1. The first-order chi connectivity index (χ1) is 14.6. The Balaban J connectivity index is 1.35. The predicted octanol–water partition coefficient (Wildman–Crippen LogP) is 1.13. The predicted molar refractivity (Wildman–Crippen MR) is 114 cm³/mol. The van der Waals surface area contributed by atoms with E-state index >= 15 is 0 Å². The van der Waals surface area contributed by atoms with Crippen molar-refractivity contribution >= 4 is 17.4 Å². The second-order valence-electron chi connectivity index (χ2n) is 7.49. The molecular weight excluding hydrogens is 382 g/mol. The summed E-state index contributed by atoms with van der Waals surface area (Å²) in [5, 5.41) is 16.1. The number of rotatable bonds is 7. The number of hydrogen-bond acceptors (Lipinski definition) is 7. The number of nitrogens with one attached hydrogen (secondary N) is 1. The van der Waals surface area contributed by atoms with Crippen molar-refractivity contribution in [3.8, 4) is 5.75 Å². The van der Waals surface area contributed by atoms with Gasteiger partial charge in [0.05, 0.1) is 7.11 Å². The van der Waals surface area contributed by atoms with Crippen LogP contribution in [0.3, 0.4) is 0 Å². The number of anilines is 1. The van der Waals surface area contributed by atoms with Crippen LogP contribution in [0.25, 0.3) is 5.65 Å². The standard InChI is InChI=1S/C21H27N7O2/c1-26-11-13-27(14-12-26)20-8-7-18-23-24-19(28(18)25-20)9-10-21(29)22-15-16-3-5-17(30-2)6-4-16/h3-8H,9-15H2,1-2H3,(H,22,29). The summed E-state index contributed by atoms with van der Waals surface area (Å²) in [4.78, 5) is 16.9. The van der Waals surface area contributed by atoms with Gasteiger partial charge in [-0.3, -0.25) is 4.79 Å². The number of piperazine rings is 1. The fraction of sp³-hybridized carbons (Fsp3) is 0.429. The molecule has 30 heavy (non-hydrogen) atoms. The van der Waals surface area contributed by atoms with Crippen molar-refractivity contribution < 1.29 is 9.53 Å². The fourth-order valence-electron chi connectivity index (χ4n) is 3.44. The van der Waals surface area contributed by atoms with Crippen LogP contribution in [-0.2, 0) is 17.8 Å². The zero-order valence-electron chi connectivity index (χ0n) is 17.4. The number of likely N-dealkylation sites (N-methyl/N-ethyl adjacent to an activating group) is 1. The summed E-state index contributed by atoms with van der Waals surface area (Å²) in [5.41, 5.74) is 1.72. The lowest BCUT2D eigenvalue weighted by atomic mass is 10.2. The summed E-state index contributed by atoms with van der Waals surface area (Å²) in [6.45, 7) is 4.40. The molecule has 0 radical (unpaired) electrons. The van der Waals surface area contributed by atoms with E-state index in [1.54, 1.807) is 11.6 Å². The molecule has 0 saturated carbocycles. The molecule has 1 amide bonds. The molecule has 4 rings (SSSR count). The third kappa shape index (κ3) is 4.68.